The van der Waals surface area contributed by atoms with Crippen LogP contribution in [-0.2, 0) is 10.0 Å². The molecule has 0 unspecified atom stereocenters. The van der Waals surface area contributed by atoms with Gasteiger partial charge in [0.1, 0.15) is 4.90 Å². The van der Waals surface area contributed by atoms with E-state index in [0.717, 1.165) is 19.3 Å². The van der Waals surface area contributed by atoms with Crippen LogP contribution in [0.15, 0.2) is 29.4 Å². The Bertz CT molecular complexity index is 451. The first kappa shape index (κ1) is 12.0. The largest absolute Gasteiger partial charge is 0.263 e. The molecule has 0 aliphatic heterocycles. The number of pyridine rings is 1. The van der Waals surface area contributed by atoms with E-state index in [4.69, 9.17) is 0 Å². The zero-order valence-electron chi connectivity index (χ0n) is 8.69. The van der Waals surface area contributed by atoms with Gasteiger partial charge in [-0.2, -0.15) is 0 Å². The zero-order chi connectivity index (χ0) is 11.6. The molecule has 88 valence electrons. The van der Waals surface area contributed by atoms with Crippen LogP contribution in [0.1, 0.15) is 19.3 Å². The van der Waals surface area contributed by atoms with Crippen LogP contribution < -0.4 is 4.72 Å². The van der Waals surface area contributed by atoms with Crippen LogP contribution >= 0.6 is 15.9 Å². The lowest BCUT2D eigenvalue weighted by atomic mass is 9.80. The highest BCUT2D eigenvalue weighted by Crippen LogP contribution is 2.34. The molecule has 0 bridgehead atoms. The van der Waals surface area contributed by atoms with Crippen molar-refractivity contribution in [2.24, 2.45) is 0 Å². The molecule has 0 spiro atoms. The fraction of sp³-hybridized carbons (Fsp3) is 0.500. The van der Waals surface area contributed by atoms with Crippen molar-refractivity contribution in [3.05, 3.63) is 24.5 Å². The van der Waals surface area contributed by atoms with E-state index in [1.54, 1.807) is 18.3 Å². The number of rotatable bonds is 4. The molecule has 0 saturated heterocycles. The van der Waals surface area contributed by atoms with Gasteiger partial charge in [-0.05, 0) is 31.4 Å². The monoisotopic (exact) mass is 304 g/mol. The van der Waals surface area contributed by atoms with E-state index in [2.05, 4.69) is 25.6 Å². The summed E-state index contributed by atoms with van der Waals surface area (Å²) in [7, 11) is -3.43. The number of nitrogens with zero attached hydrogens (tertiary/aromatic N) is 1. The molecule has 1 N–H and O–H groups in total. The van der Waals surface area contributed by atoms with E-state index in [1.165, 1.54) is 6.20 Å². The van der Waals surface area contributed by atoms with Gasteiger partial charge in [0.2, 0.25) is 10.0 Å². The number of alkyl halides is 1. The summed E-state index contributed by atoms with van der Waals surface area (Å²) in [6.07, 6.45) is 5.77. The summed E-state index contributed by atoms with van der Waals surface area (Å²) in [5.74, 6) is 0. The van der Waals surface area contributed by atoms with Gasteiger partial charge < -0.3 is 0 Å². The maximum Gasteiger partial charge on any atom is 0.242 e. The van der Waals surface area contributed by atoms with E-state index in [1.807, 2.05) is 0 Å². The molecule has 1 aromatic heterocycles. The molecular weight excluding hydrogens is 292 g/mol. The Labute approximate surface area is 104 Å². The first-order chi connectivity index (χ1) is 7.58. The van der Waals surface area contributed by atoms with Crippen LogP contribution in [0.25, 0.3) is 0 Å². The second-order valence-corrected chi connectivity index (χ2v) is 6.30. The van der Waals surface area contributed by atoms with E-state index in [9.17, 15) is 8.42 Å². The Hall–Kier alpha value is -0.460. The van der Waals surface area contributed by atoms with Crippen LogP contribution in [0, 0.1) is 0 Å². The second-order valence-electron chi connectivity index (χ2n) is 4.06. The van der Waals surface area contributed by atoms with E-state index < -0.39 is 10.0 Å². The molecular formula is C10H13BrN2O2S. The molecule has 1 heterocycles. The van der Waals surface area contributed by atoms with Gasteiger partial charge in [-0.15, -0.1) is 0 Å². The summed E-state index contributed by atoms with van der Waals surface area (Å²) >= 11 is 3.37. The Balaban J connectivity index is 2.21. The number of sulfonamides is 1. The molecule has 16 heavy (non-hydrogen) atoms. The van der Waals surface area contributed by atoms with Gasteiger partial charge >= 0.3 is 0 Å². The number of halogens is 1. The third-order valence-electron chi connectivity index (χ3n) is 2.86. The first-order valence-electron chi connectivity index (χ1n) is 5.08. The zero-order valence-corrected chi connectivity index (χ0v) is 11.1. The molecule has 1 fully saturated rings. The van der Waals surface area contributed by atoms with Gasteiger partial charge in [-0.3, -0.25) is 4.98 Å². The lowest BCUT2D eigenvalue weighted by Gasteiger charge is -2.40. The van der Waals surface area contributed by atoms with Gasteiger partial charge in [0.25, 0.3) is 0 Å². The molecule has 2 rings (SSSR count). The predicted octanol–water partition coefficient (Wildman–Crippen LogP) is 1.68. The molecule has 0 radical (unpaired) electrons. The van der Waals surface area contributed by atoms with Crippen LogP contribution in [0.3, 0.4) is 0 Å². The van der Waals surface area contributed by atoms with Crippen LogP contribution in [0.5, 0.6) is 0 Å². The topological polar surface area (TPSA) is 59.1 Å². The molecule has 6 heteroatoms. The fourth-order valence-electron chi connectivity index (χ4n) is 1.72. The molecule has 1 saturated carbocycles. The van der Waals surface area contributed by atoms with Crippen molar-refractivity contribution in [1.29, 1.82) is 0 Å². The smallest absolute Gasteiger partial charge is 0.242 e. The molecule has 0 aromatic carbocycles. The molecule has 0 atom stereocenters. The van der Waals surface area contributed by atoms with Crippen molar-refractivity contribution in [3.63, 3.8) is 0 Å². The van der Waals surface area contributed by atoms with Crippen molar-refractivity contribution in [3.8, 4) is 0 Å². The number of hydrogen-bond donors (Lipinski definition) is 1. The summed E-state index contributed by atoms with van der Waals surface area (Å²) < 4.78 is 26.8. The SMILES string of the molecule is O=S(=O)(NC1(CBr)CCC1)c1cccnc1. The average molecular weight is 305 g/mol. The van der Waals surface area contributed by atoms with Gasteiger partial charge in [-0.25, -0.2) is 13.1 Å². The van der Waals surface area contributed by atoms with Crippen molar-refractivity contribution in [2.75, 3.05) is 5.33 Å². The predicted molar refractivity (Wildman–Crippen MR) is 64.9 cm³/mol. The van der Waals surface area contributed by atoms with Crippen LogP contribution in [0.4, 0.5) is 0 Å². The summed E-state index contributed by atoms with van der Waals surface area (Å²) in [5.41, 5.74) is -0.297. The molecule has 0 amide bonds. The lowest BCUT2D eigenvalue weighted by molar-refractivity contribution is 0.256. The Morgan fingerprint density at radius 2 is 2.25 bits per heavy atom. The number of aromatic nitrogens is 1. The molecule has 1 aliphatic carbocycles. The van der Waals surface area contributed by atoms with Crippen LogP contribution in [-0.4, -0.2) is 24.3 Å². The lowest BCUT2D eigenvalue weighted by Crippen LogP contribution is -2.54. The average Bonchev–Trinajstić information content (AvgIpc) is 2.25. The minimum absolute atomic E-state index is 0.224. The quantitative estimate of drug-likeness (QED) is 0.861. The van der Waals surface area contributed by atoms with Crippen molar-refractivity contribution < 1.29 is 8.42 Å². The van der Waals surface area contributed by atoms with Crippen molar-refractivity contribution >= 4 is 26.0 Å². The Kier molecular flexibility index (Phi) is 3.32. The number of hydrogen-bond acceptors (Lipinski definition) is 3. The maximum atomic E-state index is 12.0. The van der Waals surface area contributed by atoms with Crippen molar-refractivity contribution in [1.82, 2.24) is 9.71 Å². The highest BCUT2D eigenvalue weighted by molar-refractivity contribution is 9.09. The summed E-state index contributed by atoms with van der Waals surface area (Å²) in [5, 5.41) is 0.652. The molecule has 4 nitrogen and oxygen atoms in total. The number of nitrogens with one attached hydrogen (secondary N) is 1. The highest BCUT2D eigenvalue weighted by atomic mass is 79.9. The van der Waals surface area contributed by atoms with Gasteiger partial charge in [-0.1, -0.05) is 15.9 Å². The third-order valence-corrected chi connectivity index (χ3v) is 5.50. The second kappa shape index (κ2) is 4.43. The standard InChI is InChI=1S/C10H13BrN2O2S/c11-8-10(4-2-5-10)13-16(14,15)9-3-1-6-12-7-9/h1,3,6-7,13H,2,4-5,8H2. The van der Waals surface area contributed by atoms with Crippen LogP contribution in [0.2, 0.25) is 0 Å². The molecule has 1 aromatic rings. The molecule has 1 aliphatic rings. The fourth-order valence-corrected chi connectivity index (χ4v) is 4.02. The minimum atomic E-state index is -3.43. The summed E-state index contributed by atoms with van der Waals surface area (Å²) in [6.45, 7) is 0. The first-order valence-corrected chi connectivity index (χ1v) is 7.68. The van der Waals surface area contributed by atoms with Gasteiger partial charge in [0, 0.05) is 23.3 Å². The highest BCUT2D eigenvalue weighted by Gasteiger charge is 2.39. The van der Waals surface area contributed by atoms with Gasteiger partial charge in [0.15, 0.2) is 0 Å². The van der Waals surface area contributed by atoms with E-state index >= 15 is 0 Å². The van der Waals surface area contributed by atoms with Crippen molar-refractivity contribution in [2.45, 2.75) is 29.7 Å². The third kappa shape index (κ3) is 2.28. The Morgan fingerprint density at radius 1 is 1.50 bits per heavy atom. The summed E-state index contributed by atoms with van der Waals surface area (Å²) in [6, 6.07) is 3.17. The normalized spacial score (nSPS) is 19.1. The van der Waals surface area contributed by atoms with E-state index in [0.29, 0.717) is 5.33 Å². The summed E-state index contributed by atoms with van der Waals surface area (Å²) in [4.78, 5) is 4.04. The van der Waals surface area contributed by atoms with Gasteiger partial charge in [0.05, 0.1) is 0 Å². The Morgan fingerprint density at radius 3 is 2.69 bits per heavy atom. The van der Waals surface area contributed by atoms with E-state index in [-0.39, 0.29) is 10.4 Å². The maximum absolute atomic E-state index is 12.0. The minimum Gasteiger partial charge on any atom is -0.263 e.